The van der Waals surface area contributed by atoms with Crippen LogP contribution in [0.15, 0.2) is 243 Å². The lowest BCUT2D eigenvalue weighted by Gasteiger charge is -2.36. The van der Waals surface area contributed by atoms with Gasteiger partial charge in [-0.25, -0.2) is 19.9 Å². The van der Waals surface area contributed by atoms with Gasteiger partial charge >= 0.3 is 0 Å². The van der Waals surface area contributed by atoms with Crippen LogP contribution in [0.2, 0.25) is 0 Å². The zero-order valence-corrected chi connectivity index (χ0v) is 40.4. The van der Waals surface area contributed by atoms with Crippen LogP contribution in [-0.2, 0) is 0 Å². The molecule has 6 aromatic heterocycles. The first-order valence-electron chi connectivity index (χ1n) is 24.7. The number of anilines is 6. The van der Waals surface area contributed by atoms with Gasteiger partial charge in [-0.2, -0.15) is 0 Å². The lowest BCUT2D eigenvalue weighted by Crippen LogP contribution is -2.18. The first kappa shape index (κ1) is 44.0. The third-order valence-electron chi connectivity index (χ3n) is 13.4. The van der Waals surface area contributed by atoms with Crippen LogP contribution in [0.25, 0.3) is 79.2 Å². The summed E-state index contributed by atoms with van der Waals surface area (Å²) in [5.41, 5.74) is 14.5. The van der Waals surface area contributed by atoms with Crippen molar-refractivity contribution in [2.24, 2.45) is 0 Å². The van der Waals surface area contributed by atoms with Crippen LogP contribution in [0.1, 0.15) is 0 Å². The summed E-state index contributed by atoms with van der Waals surface area (Å²) in [6, 6.07) is 68.8. The van der Waals surface area contributed by atoms with Gasteiger partial charge in [0.1, 0.15) is 0 Å². The number of pyridine rings is 4. The van der Waals surface area contributed by atoms with Gasteiger partial charge in [0.15, 0.2) is 34.6 Å². The van der Waals surface area contributed by atoms with E-state index in [4.69, 9.17) is 39.4 Å². The molecule has 0 N–H and O–H groups in total. The molecule has 6 aromatic carbocycles. The molecule has 8 heterocycles. The van der Waals surface area contributed by atoms with E-state index in [9.17, 15) is 0 Å². The van der Waals surface area contributed by atoms with E-state index in [0.717, 1.165) is 90.3 Å². The van der Waals surface area contributed by atoms with Crippen molar-refractivity contribution < 1.29 is 9.47 Å². The van der Waals surface area contributed by atoms with E-state index >= 15 is 0 Å². The molecule has 0 saturated carbocycles. The summed E-state index contributed by atoms with van der Waals surface area (Å²) < 4.78 is 13.3. The summed E-state index contributed by atoms with van der Waals surface area (Å²) in [6.45, 7) is 0. The van der Waals surface area contributed by atoms with Gasteiger partial charge in [-0.05, 0) is 121 Å². The van der Waals surface area contributed by atoms with Crippen molar-refractivity contribution in [3.63, 3.8) is 0 Å². The van der Waals surface area contributed by atoms with Crippen molar-refractivity contribution in [3.8, 4) is 102 Å². The third kappa shape index (κ3) is 7.99. The SMILES string of the molecule is c1ccc(-c2cc(-c3cccnc3)nc(-c3ccc(-c4ccc(-c5nc(-c6cccnc6)cc(-c6ccccn6)n5)cc4N4c5ccccc5Oc5ccccc54)c(N4c5ccccc5Oc5ccccc54)c3)n2)nc1. The second kappa shape index (κ2) is 18.7. The van der Waals surface area contributed by atoms with Crippen LogP contribution in [0.3, 0.4) is 0 Å². The van der Waals surface area contributed by atoms with Crippen LogP contribution < -0.4 is 19.3 Å². The molecular formula is C64H40N10O2. The Labute approximate surface area is 437 Å². The zero-order valence-electron chi connectivity index (χ0n) is 40.4. The summed E-state index contributed by atoms with van der Waals surface area (Å²) in [5, 5.41) is 0. The van der Waals surface area contributed by atoms with Gasteiger partial charge in [0.05, 0.1) is 68.3 Å². The van der Waals surface area contributed by atoms with E-state index in [2.05, 4.69) is 80.4 Å². The van der Waals surface area contributed by atoms with Crippen molar-refractivity contribution in [1.82, 2.24) is 39.9 Å². The van der Waals surface area contributed by atoms with E-state index in [-0.39, 0.29) is 0 Å². The molecule has 0 amide bonds. The molecule has 12 aromatic rings. The van der Waals surface area contributed by atoms with Crippen molar-refractivity contribution in [3.05, 3.63) is 243 Å². The molecule has 0 bridgehead atoms. The Morgan fingerprint density at radius 2 is 0.658 bits per heavy atom. The molecular weight excluding hydrogens is 941 g/mol. The second-order valence-corrected chi connectivity index (χ2v) is 18.0. The fraction of sp³-hybridized carbons (Fsp3) is 0. The maximum atomic E-state index is 6.64. The summed E-state index contributed by atoms with van der Waals surface area (Å²) in [7, 11) is 0. The Bertz CT molecular complexity index is 3670. The smallest absolute Gasteiger partial charge is 0.160 e. The van der Waals surface area contributed by atoms with Gasteiger partial charge < -0.3 is 19.3 Å². The molecule has 0 atom stereocenters. The lowest BCUT2D eigenvalue weighted by atomic mass is 9.94. The third-order valence-corrected chi connectivity index (χ3v) is 13.4. The highest BCUT2D eigenvalue weighted by molar-refractivity contribution is 6.01. The number of hydrogen-bond donors (Lipinski definition) is 0. The Kier molecular flexibility index (Phi) is 10.8. The van der Waals surface area contributed by atoms with E-state index in [1.54, 1.807) is 24.8 Å². The number of nitrogens with zero attached hydrogens (tertiary/aromatic N) is 10. The number of rotatable bonds is 9. The highest BCUT2D eigenvalue weighted by Gasteiger charge is 2.32. The van der Waals surface area contributed by atoms with Crippen molar-refractivity contribution in [2.45, 2.75) is 0 Å². The van der Waals surface area contributed by atoms with E-state index in [1.165, 1.54) is 0 Å². The van der Waals surface area contributed by atoms with E-state index < -0.39 is 0 Å². The maximum absolute atomic E-state index is 6.64. The number of para-hydroxylation sites is 8. The normalized spacial score (nSPS) is 12.1. The molecule has 0 aliphatic carbocycles. The van der Waals surface area contributed by atoms with Crippen LogP contribution in [0.5, 0.6) is 23.0 Å². The van der Waals surface area contributed by atoms with Gasteiger partial charge in [-0.3, -0.25) is 19.9 Å². The van der Waals surface area contributed by atoms with Gasteiger partial charge in [0, 0.05) is 70.6 Å². The summed E-state index contributed by atoms with van der Waals surface area (Å²) in [5.74, 6) is 3.89. The summed E-state index contributed by atoms with van der Waals surface area (Å²) in [4.78, 5) is 43.9. The first-order valence-corrected chi connectivity index (χ1v) is 24.7. The number of hydrogen-bond acceptors (Lipinski definition) is 12. The molecule has 0 fully saturated rings. The molecule has 0 radical (unpaired) electrons. The minimum Gasteiger partial charge on any atom is -0.453 e. The number of aromatic nitrogens is 8. The molecule has 14 rings (SSSR count). The first-order chi connectivity index (χ1) is 37.7. The average molecular weight is 981 g/mol. The Hall–Kier alpha value is -10.7. The zero-order chi connectivity index (χ0) is 50.4. The average Bonchev–Trinajstić information content (AvgIpc) is 3.58. The summed E-state index contributed by atoms with van der Waals surface area (Å²) >= 11 is 0. The second-order valence-electron chi connectivity index (χ2n) is 18.0. The molecule has 2 aliphatic rings. The number of ether oxygens (including phenoxy) is 2. The van der Waals surface area contributed by atoms with Crippen molar-refractivity contribution >= 4 is 34.1 Å². The van der Waals surface area contributed by atoms with Gasteiger partial charge in [-0.1, -0.05) is 84.9 Å². The molecule has 12 nitrogen and oxygen atoms in total. The van der Waals surface area contributed by atoms with Gasteiger partial charge in [0.2, 0.25) is 0 Å². The largest absolute Gasteiger partial charge is 0.453 e. The molecule has 76 heavy (non-hydrogen) atoms. The van der Waals surface area contributed by atoms with Gasteiger partial charge in [-0.15, -0.1) is 0 Å². The Morgan fingerprint density at radius 1 is 0.276 bits per heavy atom. The quantitative estimate of drug-likeness (QED) is 0.137. The monoisotopic (exact) mass is 980 g/mol. The molecule has 0 saturated heterocycles. The fourth-order valence-electron chi connectivity index (χ4n) is 9.86. The standard InChI is InChI=1S/C64H40N10O2/c1-5-23-59-53(19-1)73(54-20-2-6-24-60(54)75-59)57-35-41(63-69-49(43-15-13-31-65-39-43)37-51(71-63)47-17-9-11-33-67-47)27-29-45(57)46-30-28-42(36-58(46)74-55-21-3-7-25-61(55)76-62-26-8-4-22-56(62)74)64-70-50(44-16-14-32-66-40-44)38-52(72-64)48-18-10-12-34-68-48/h1-40H. The lowest BCUT2D eigenvalue weighted by molar-refractivity contribution is 0.476. The molecule has 358 valence electrons. The summed E-state index contributed by atoms with van der Waals surface area (Å²) in [6.07, 6.45) is 10.7. The minimum absolute atomic E-state index is 0.519. The molecule has 0 unspecified atom stereocenters. The van der Waals surface area contributed by atoms with E-state index in [1.807, 2.05) is 158 Å². The van der Waals surface area contributed by atoms with Crippen molar-refractivity contribution in [2.75, 3.05) is 9.80 Å². The molecule has 2 aliphatic heterocycles. The predicted octanol–water partition coefficient (Wildman–Crippen LogP) is 15.7. The maximum Gasteiger partial charge on any atom is 0.160 e. The topological polar surface area (TPSA) is 128 Å². The molecule has 0 spiro atoms. The predicted molar refractivity (Wildman–Crippen MR) is 296 cm³/mol. The van der Waals surface area contributed by atoms with Crippen LogP contribution in [-0.4, -0.2) is 39.9 Å². The Balaban J connectivity index is 1.05. The van der Waals surface area contributed by atoms with Crippen LogP contribution >= 0.6 is 0 Å². The number of benzene rings is 6. The fourth-order valence-corrected chi connectivity index (χ4v) is 9.86. The highest BCUT2D eigenvalue weighted by atomic mass is 16.5. The van der Waals surface area contributed by atoms with Gasteiger partial charge in [0.25, 0.3) is 0 Å². The van der Waals surface area contributed by atoms with Crippen molar-refractivity contribution in [1.29, 1.82) is 0 Å². The minimum atomic E-state index is 0.519. The van der Waals surface area contributed by atoms with E-state index in [0.29, 0.717) is 46.0 Å². The highest BCUT2D eigenvalue weighted by Crippen LogP contribution is 2.57. The number of fused-ring (bicyclic) bond motifs is 4. The molecule has 12 heteroatoms. The van der Waals surface area contributed by atoms with Crippen LogP contribution in [0, 0.1) is 0 Å². The Morgan fingerprint density at radius 3 is 1.03 bits per heavy atom. The van der Waals surface area contributed by atoms with Crippen LogP contribution in [0.4, 0.5) is 34.1 Å².